The van der Waals surface area contributed by atoms with Crippen molar-refractivity contribution in [3.05, 3.63) is 28.0 Å². The van der Waals surface area contributed by atoms with Crippen molar-refractivity contribution < 1.29 is 9.69 Å². The van der Waals surface area contributed by atoms with Crippen LogP contribution in [0, 0.1) is 6.92 Å². The number of nitrogens with one attached hydrogen (secondary N) is 2. The molecule has 2 rings (SSSR count). The Bertz CT molecular complexity index is 433. The highest BCUT2D eigenvalue weighted by Gasteiger charge is 2.17. The molecule has 0 radical (unpaired) electrons. The number of piperazine rings is 1. The van der Waals surface area contributed by atoms with Gasteiger partial charge >= 0.3 is 0 Å². The second kappa shape index (κ2) is 6.13. The van der Waals surface area contributed by atoms with Crippen LogP contribution >= 0.6 is 11.3 Å². The monoisotopic (exact) mass is 266 g/mol. The number of likely N-dealkylation sites (N-methyl/N-ethyl adjacent to an activating group) is 1. The minimum atomic E-state index is -0.0395. The Balaban J connectivity index is 1.82. The minimum absolute atomic E-state index is 0.0395. The van der Waals surface area contributed by atoms with Gasteiger partial charge in [0.1, 0.15) is 0 Å². The Hall–Kier alpha value is -1.17. The fourth-order valence-corrected chi connectivity index (χ4v) is 2.72. The van der Waals surface area contributed by atoms with Crippen LogP contribution in [0.1, 0.15) is 10.4 Å². The Morgan fingerprint density at radius 1 is 1.50 bits per heavy atom. The van der Waals surface area contributed by atoms with E-state index in [-0.39, 0.29) is 5.91 Å². The maximum Gasteiger partial charge on any atom is 0.258 e. The molecule has 0 unspecified atom stereocenters. The highest BCUT2D eigenvalue weighted by molar-refractivity contribution is 7.11. The first kappa shape index (κ1) is 13.3. The van der Waals surface area contributed by atoms with Gasteiger partial charge in [0.05, 0.1) is 33.2 Å². The van der Waals surface area contributed by atoms with Crippen LogP contribution in [0.4, 0.5) is 0 Å². The number of nitrogens with zero attached hydrogens (tertiary/aromatic N) is 1. The third-order valence-corrected chi connectivity index (χ3v) is 4.16. The van der Waals surface area contributed by atoms with Gasteiger partial charge in [-0.3, -0.25) is 10.2 Å². The fourth-order valence-electron chi connectivity index (χ4n) is 1.90. The first-order valence-corrected chi connectivity index (χ1v) is 7.12. The quantitative estimate of drug-likeness (QED) is 0.752. The number of hydrogen-bond donors (Lipinski definition) is 2. The zero-order chi connectivity index (χ0) is 13.0. The molecule has 5 heteroatoms. The van der Waals surface area contributed by atoms with Gasteiger partial charge < -0.3 is 4.90 Å². The number of quaternary nitrogens is 1. The molecule has 1 aromatic heterocycles. The van der Waals surface area contributed by atoms with Crippen LogP contribution in [-0.2, 0) is 4.79 Å². The zero-order valence-corrected chi connectivity index (χ0v) is 11.7. The zero-order valence-electron chi connectivity index (χ0n) is 10.9. The molecule has 1 saturated heterocycles. The van der Waals surface area contributed by atoms with Crippen LogP contribution < -0.4 is 10.3 Å². The Labute approximate surface area is 112 Å². The summed E-state index contributed by atoms with van der Waals surface area (Å²) < 4.78 is 0. The third kappa shape index (κ3) is 3.66. The normalized spacial score (nSPS) is 18.3. The molecule has 1 aromatic rings. The number of amides is 1. The van der Waals surface area contributed by atoms with Crippen molar-refractivity contribution in [2.75, 3.05) is 33.2 Å². The Kier molecular flexibility index (Phi) is 4.52. The number of hydrogen-bond acceptors (Lipinski definition) is 3. The SMILES string of the molecule is Cc1ccsc1/C=C/C(=O)NN1CC[NH+](C)CC1. The molecular formula is C13H20N3OS+. The number of aryl methyl sites for hydroxylation is 1. The van der Waals surface area contributed by atoms with Crippen molar-refractivity contribution in [3.63, 3.8) is 0 Å². The van der Waals surface area contributed by atoms with Crippen molar-refractivity contribution in [2.24, 2.45) is 0 Å². The molecule has 0 atom stereocenters. The molecule has 0 spiro atoms. The van der Waals surface area contributed by atoms with Gasteiger partial charge in [0, 0.05) is 11.0 Å². The highest BCUT2D eigenvalue weighted by atomic mass is 32.1. The lowest BCUT2D eigenvalue weighted by Crippen LogP contribution is -3.12. The maximum atomic E-state index is 11.8. The summed E-state index contributed by atoms with van der Waals surface area (Å²) in [5.74, 6) is -0.0395. The van der Waals surface area contributed by atoms with Gasteiger partial charge in [-0.15, -0.1) is 11.3 Å². The van der Waals surface area contributed by atoms with E-state index in [1.807, 2.05) is 16.5 Å². The molecule has 2 N–H and O–H groups in total. The van der Waals surface area contributed by atoms with Gasteiger partial charge in [-0.2, -0.15) is 0 Å². The van der Waals surface area contributed by atoms with E-state index in [4.69, 9.17) is 0 Å². The van der Waals surface area contributed by atoms with Crippen molar-refractivity contribution in [2.45, 2.75) is 6.92 Å². The molecule has 4 nitrogen and oxygen atoms in total. The maximum absolute atomic E-state index is 11.8. The smallest absolute Gasteiger partial charge is 0.258 e. The molecule has 1 aliphatic rings. The first-order chi connectivity index (χ1) is 8.65. The Morgan fingerprint density at radius 2 is 2.22 bits per heavy atom. The van der Waals surface area contributed by atoms with Crippen LogP contribution in [0.3, 0.4) is 0 Å². The largest absolute Gasteiger partial charge is 0.335 e. The molecule has 1 fully saturated rings. The van der Waals surface area contributed by atoms with E-state index < -0.39 is 0 Å². The van der Waals surface area contributed by atoms with Gasteiger partial charge in [0.25, 0.3) is 5.91 Å². The summed E-state index contributed by atoms with van der Waals surface area (Å²) in [5, 5.41) is 4.04. The number of carbonyl (C=O) groups excluding carboxylic acids is 1. The molecule has 1 amide bonds. The summed E-state index contributed by atoms with van der Waals surface area (Å²) in [6, 6.07) is 2.06. The van der Waals surface area contributed by atoms with Crippen LogP contribution in [0.5, 0.6) is 0 Å². The second-order valence-corrected chi connectivity index (χ2v) is 5.67. The number of thiophene rings is 1. The number of hydrazine groups is 1. The van der Waals surface area contributed by atoms with Crippen LogP contribution in [-0.4, -0.2) is 44.1 Å². The van der Waals surface area contributed by atoms with Gasteiger partial charge in [-0.1, -0.05) is 0 Å². The molecule has 0 bridgehead atoms. The van der Waals surface area contributed by atoms with E-state index in [9.17, 15) is 4.79 Å². The van der Waals surface area contributed by atoms with Gasteiger partial charge in [0.15, 0.2) is 0 Å². The summed E-state index contributed by atoms with van der Waals surface area (Å²) in [6.45, 7) is 6.05. The van der Waals surface area contributed by atoms with Gasteiger partial charge in [0.2, 0.25) is 0 Å². The van der Waals surface area contributed by atoms with Crippen LogP contribution in [0.25, 0.3) is 6.08 Å². The van der Waals surface area contributed by atoms with E-state index in [1.54, 1.807) is 17.4 Å². The Morgan fingerprint density at radius 3 is 2.83 bits per heavy atom. The predicted molar refractivity (Wildman–Crippen MR) is 74.4 cm³/mol. The van der Waals surface area contributed by atoms with E-state index in [1.165, 1.54) is 10.5 Å². The summed E-state index contributed by atoms with van der Waals surface area (Å²) >= 11 is 1.65. The molecule has 0 aromatic carbocycles. The first-order valence-electron chi connectivity index (χ1n) is 6.24. The predicted octanol–water partition coefficient (Wildman–Crippen LogP) is -0.0688. The fraction of sp³-hybridized carbons (Fsp3) is 0.462. The van der Waals surface area contributed by atoms with Gasteiger partial charge in [-0.25, -0.2) is 5.01 Å². The summed E-state index contributed by atoms with van der Waals surface area (Å²) in [6.07, 6.45) is 3.50. The lowest BCUT2D eigenvalue weighted by atomic mass is 10.3. The van der Waals surface area contributed by atoms with Crippen LogP contribution in [0.15, 0.2) is 17.5 Å². The average molecular weight is 266 g/mol. The highest BCUT2D eigenvalue weighted by Crippen LogP contribution is 2.16. The molecule has 0 saturated carbocycles. The molecule has 1 aliphatic heterocycles. The van der Waals surface area contributed by atoms with Crippen molar-refractivity contribution in [1.82, 2.24) is 10.4 Å². The molecule has 2 heterocycles. The van der Waals surface area contributed by atoms with Crippen molar-refractivity contribution >= 4 is 23.3 Å². The van der Waals surface area contributed by atoms with Crippen LogP contribution in [0.2, 0.25) is 0 Å². The number of rotatable bonds is 3. The lowest BCUT2D eigenvalue weighted by molar-refractivity contribution is -0.884. The van der Waals surface area contributed by atoms with E-state index in [2.05, 4.69) is 25.5 Å². The van der Waals surface area contributed by atoms with E-state index >= 15 is 0 Å². The average Bonchev–Trinajstić information content (AvgIpc) is 2.75. The standard InChI is InChI=1S/C13H19N3OS/c1-11-5-10-18-12(11)3-4-13(17)14-16-8-6-15(2)7-9-16/h3-5,10H,6-9H2,1-2H3,(H,14,17)/p+1/b4-3+. The van der Waals surface area contributed by atoms with E-state index in [0.717, 1.165) is 31.1 Å². The second-order valence-electron chi connectivity index (χ2n) is 4.72. The number of carbonyl (C=O) groups is 1. The topological polar surface area (TPSA) is 36.8 Å². The van der Waals surface area contributed by atoms with Crippen molar-refractivity contribution in [1.29, 1.82) is 0 Å². The molecule has 18 heavy (non-hydrogen) atoms. The summed E-state index contributed by atoms with van der Waals surface area (Å²) in [7, 11) is 2.18. The van der Waals surface area contributed by atoms with E-state index in [0.29, 0.717) is 0 Å². The minimum Gasteiger partial charge on any atom is -0.335 e. The third-order valence-electron chi connectivity index (χ3n) is 3.17. The molecular weight excluding hydrogens is 246 g/mol. The van der Waals surface area contributed by atoms with Crippen molar-refractivity contribution in [3.8, 4) is 0 Å². The summed E-state index contributed by atoms with van der Waals surface area (Å²) in [4.78, 5) is 14.4. The molecule has 98 valence electrons. The lowest BCUT2D eigenvalue weighted by Gasteiger charge is -2.29. The summed E-state index contributed by atoms with van der Waals surface area (Å²) in [5.41, 5.74) is 4.14. The van der Waals surface area contributed by atoms with Gasteiger partial charge in [-0.05, 0) is 30.0 Å². The molecule has 0 aliphatic carbocycles.